The normalized spacial score (nSPS) is 14.6. The first-order chi connectivity index (χ1) is 20.8. The Hall–Kier alpha value is -3.73. The van der Waals surface area contributed by atoms with E-state index in [1.54, 1.807) is 24.5 Å². The van der Waals surface area contributed by atoms with E-state index in [0.29, 0.717) is 45.3 Å². The number of benzene rings is 3. The zero-order valence-corrected chi connectivity index (χ0v) is 27.5. The van der Waals surface area contributed by atoms with Gasteiger partial charge in [-0.2, -0.15) is 0 Å². The van der Waals surface area contributed by atoms with Crippen molar-refractivity contribution in [1.82, 2.24) is 4.57 Å². The van der Waals surface area contributed by atoms with Gasteiger partial charge in [-0.05, 0) is 92.7 Å². The van der Waals surface area contributed by atoms with Crippen LogP contribution in [0.2, 0.25) is 0 Å². The molecule has 1 aliphatic rings. The van der Waals surface area contributed by atoms with Gasteiger partial charge in [-0.1, -0.05) is 66.5 Å². The van der Waals surface area contributed by atoms with E-state index >= 15 is 0 Å². The molecule has 0 aliphatic carbocycles. The van der Waals surface area contributed by atoms with Crippen molar-refractivity contribution in [2.75, 3.05) is 13.2 Å². The first-order valence-corrected chi connectivity index (χ1v) is 15.9. The summed E-state index contributed by atoms with van der Waals surface area (Å²) in [6.45, 7) is 8.18. The van der Waals surface area contributed by atoms with Gasteiger partial charge in [0.05, 0.1) is 37.4 Å². The summed E-state index contributed by atoms with van der Waals surface area (Å²) in [7, 11) is 0. The second kappa shape index (κ2) is 13.7. The first-order valence-electron chi connectivity index (χ1n) is 13.5. The Morgan fingerprint density at radius 1 is 1.07 bits per heavy atom. The lowest BCUT2D eigenvalue weighted by molar-refractivity contribution is -0.139. The van der Waals surface area contributed by atoms with Crippen molar-refractivity contribution in [2.45, 2.75) is 26.5 Å². The molecule has 1 aliphatic heterocycles. The van der Waals surface area contributed by atoms with Crippen LogP contribution in [0, 0.1) is 0 Å². The summed E-state index contributed by atoms with van der Waals surface area (Å²) in [6, 6.07) is 20.3. The minimum atomic E-state index is -0.710. The van der Waals surface area contributed by atoms with Gasteiger partial charge < -0.3 is 14.2 Å². The minimum Gasteiger partial charge on any atom is -0.490 e. The number of hydrogen-bond donors (Lipinski definition) is 0. The number of allylic oxidation sites excluding steroid dienone is 1. The highest BCUT2D eigenvalue weighted by atomic mass is 79.9. The molecular weight excluding hydrogens is 696 g/mol. The van der Waals surface area contributed by atoms with E-state index in [9.17, 15) is 9.59 Å². The molecule has 220 valence electrons. The molecule has 0 radical (unpaired) electrons. The predicted octanol–water partition coefficient (Wildman–Crippen LogP) is 6.47. The molecule has 1 aromatic heterocycles. The predicted molar refractivity (Wildman–Crippen MR) is 175 cm³/mol. The topological polar surface area (TPSA) is 79.1 Å². The Balaban J connectivity index is 1.55. The molecule has 5 rings (SSSR count). The Morgan fingerprint density at radius 3 is 2.42 bits per heavy atom. The summed E-state index contributed by atoms with van der Waals surface area (Å²) in [5.41, 5.74) is 3.16. The van der Waals surface area contributed by atoms with Gasteiger partial charge in [0.2, 0.25) is 0 Å². The van der Waals surface area contributed by atoms with E-state index in [0.717, 1.165) is 25.6 Å². The smallest absolute Gasteiger partial charge is 0.338 e. The maximum atomic E-state index is 14.0. The second-order valence-corrected chi connectivity index (χ2v) is 12.3. The molecule has 4 aromatic rings. The zero-order chi connectivity index (χ0) is 30.5. The Morgan fingerprint density at radius 2 is 1.77 bits per heavy atom. The largest absolute Gasteiger partial charge is 0.490 e. The van der Waals surface area contributed by atoms with Crippen molar-refractivity contribution < 1.29 is 19.0 Å². The highest BCUT2D eigenvalue weighted by Crippen LogP contribution is 2.36. The SMILES string of the molecule is C=CCOc1ccc([C@@H]2C(C(=O)OCC)=C(C)N=c3s/c(=C\c4cc(Br)c(OCc5ccccc5)c(Br)c4)c(=O)n32)cc1. The number of hydrogen-bond acceptors (Lipinski definition) is 7. The maximum absolute atomic E-state index is 14.0. The number of carbonyl (C=O) groups excluding carboxylic acids is 1. The molecule has 0 unspecified atom stereocenters. The van der Waals surface area contributed by atoms with Crippen molar-refractivity contribution in [2.24, 2.45) is 4.99 Å². The number of rotatable bonds is 10. The van der Waals surface area contributed by atoms with Crippen LogP contribution >= 0.6 is 43.2 Å². The van der Waals surface area contributed by atoms with Crippen molar-refractivity contribution in [3.8, 4) is 11.5 Å². The van der Waals surface area contributed by atoms with Crippen LogP contribution in [0.15, 0.2) is 109 Å². The average Bonchev–Trinajstić information content (AvgIpc) is 3.29. The lowest BCUT2D eigenvalue weighted by atomic mass is 9.96. The first kappa shape index (κ1) is 30.7. The summed E-state index contributed by atoms with van der Waals surface area (Å²) in [6.07, 6.45) is 3.48. The fraction of sp³-hybridized carbons (Fsp3) is 0.182. The Kier molecular flexibility index (Phi) is 9.79. The number of aromatic nitrogens is 1. The molecule has 1 atom stereocenters. The molecule has 2 heterocycles. The summed E-state index contributed by atoms with van der Waals surface area (Å²) < 4.78 is 20.6. The summed E-state index contributed by atoms with van der Waals surface area (Å²) in [5, 5.41) is 0. The molecule has 3 aromatic carbocycles. The van der Waals surface area contributed by atoms with Gasteiger partial charge >= 0.3 is 5.97 Å². The van der Waals surface area contributed by atoms with E-state index < -0.39 is 12.0 Å². The van der Waals surface area contributed by atoms with Gasteiger partial charge in [0.1, 0.15) is 24.7 Å². The third-order valence-corrected chi connectivity index (χ3v) is 8.79. The highest BCUT2D eigenvalue weighted by Gasteiger charge is 2.33. The number of nitrogens with zero attached hydrogens (tertiary/aromatic N) is 2. The Bertz CT molecular complexity index is 1860. The molecule has 10 heteroatoms. The van der Waals surface area contributed by atoms with E-state index in [4.69, 9.17) is 14.2 Å². The van der Waals surface area contributed by atoms with Crippen LogP contribution in [0.5, 0.6) is 11.5 Å². The molecule has 0 N–H and O–H groups in total. The van der Waals surface area contributed by atoms with Crippen LogP contribution in [-0.2, 0) is 16.1 Å². The van der Waals surface area contributed by atoms with Gasteiger partial charge in [0, 0.05) is 0 Å². The average molecular weight is 724 g/mol. The molecule has 0 spiro atoms. The van der Waals surface area contributed by atoms with Gasteiger partial charge in [-0.25, -0.2) is 9.79 Å². The maximum Gasteiger partial charge on any atom is 0.338 e. The number of esters is 1. The van der Waals surface area contributed by atoms with Crippen LogP contribution in [0.1, 0.15) is 36.6 Å². The van der Waals surface area contributed by atoms with Gasteiger partial charge in [0.25, 0.3) is 5.56 Å². The number of halogens is 2. The third-order valence-electron chi connectivity index (χ3n) is 6.63. The van der Waals surface area contributed by atoms with Gasteiger partial charge in [-0.15, -0.1) is 0 Å². The highest BCUT2D eigenvalue weighted by molar-refractivity contribution is 9.11. The monoisotopic (exact) mass is 722 g/mol. The van der Waals surface area contributed by atoms with Crippen molar-refractivity contribution in [1.29, 1.82) is 0 Å². The zero-order valence-electron chi connectivity index (χ0n) is 23.5. The number of thiazole rings is 1. The Labute approximate surface area is 269 Å². The van der Waals surface area contributed by atoms with Crippen molar-refractivity contribution in [3.63, 3.8) is 0 Å². The van der Waals surface area contributed by atoms with Crippen LogP contribution in [0.4, 0.5) is 0 Å². The third kappa shape index (κ3) is 6.76. The molecule has 0 amide bonds. The van der Waals surface area contributed by atoms with Crippen LogP contribution in [0.25, 0.3) is 6.08 Å². The number of carbonyl (C=O) groups is 1. The summed E-state index contributed by atoms with van der Waals surface area (Å²) in [4.78, 5) is 32.3. The minimum absolute atomic E-state index is 0.204. The van der Waals surface area contributed by atoms with Gasteiger partial charge in [0.15, 0.2) is 4.80 Å². The number of ether oxygens (including phenoxy) is 3. The molecule has 0 fully saturated rings. The molecule has 43 heavy (non-hydrogen) atoms. The quantitative estimate of drug-likeness (QED) is 0.139. The van der Waals surface area contributed by atoms with E-state index in [1.807, 2.05) is 72.8 Å². The molecule has 0 bridgehead atoms. The van der Waals surface area contributed by atoms with E-state index in [1.165, 1.54) is 11.3 Å². The summed E-state index contributed by atoms with van der Waals surface area (Å²) >= 11 is 8.51. The van der Waals surface area contributed by atoms with Gasteiger partial charge in [-0.3, -0.25) is 9.36 Å². The lowest BCUT2D eigenvalue weighted by Gasteiger charge is -2.24. The lowest BCUT2D eigenvalue weighted by Crippen LogP contribution is -2.39. The molecule has 7 nitrogen and oxygen atoms in total. The van der Waals surface area contributed by atoms with E-state index in [2.05, 4.69) is 43.4 Å². The standard InChI is InChI=1S/C33H28Br2N2O5S/c1-4-15-41-24-13-11-23(12-14-24)29-28(32(39)40-5-2)20(3)36-33-37(29)31(38)27(43-33)18-22-16-25(34)30(26(35)17-22)42-19-21-9-7-6-8-10-21/h4,6-14,16-18,29H,1,5,15,19H2,2-3H3/b27-18-/t29-/m1/s1. The van der Waals surface area contributed by atoms with Crippen LogP contribution in [-0.4, -0.2) is 23.8 Å². The number of fused-ring (bicyclic) bond motifs is 1. The van der Waals surface area contributed by atoms with Crippen molar-refractivity contribution >= 4 is 55.2 Å². The molecular formula is C33H28Br2N2O5S. The van der Waals surface area contributed by atoms with Crippen LogP contribution < -0.4 is 24.4 Å². The summed E-state index contributed by atoms with van der Waals surface area (Å²) in [5.74, 6) is 0.813. The molecule has 0 saturated heterocycles. The fourth-order valence-corrected chi connectivity index (χ4v) is 7.19. The van der Waals surface area contributed by atoms with E-state index in [-0.39, 0.29) is 12.2 Å². The second-order valence-electron chi connectivity index (χ2n) is 9.56. The van der Waals surface area contributed by atoms with Crippen molar-refractivity contribution in [3.05, 3.63) is 136 Å². The van der Waals surface area contributed by atoms with Crippen LogP contribution in [0.3, 0.4) is 0 Å². The molecule has 0 saturated carbocycles. The fourth-order valence-electron chi connectivity index (χ4n) is 4.69.